The first-order valence-electron chi connectivity index (χ1n) is 9.33. The van der Waals surface area contributed by atoms with Crippen molar-refractivity contribution in [2.24, 2.45) is 5.73 Å². The number of amides is 1. The van der Waals surface area contributed by atoms with E-state index in [1.165, 1.54) is 5.56 Å². The molecule has 0 saturated heterocycles. The van der Waals surface area contributed by atoms with Crippen molar-refractivity contribution in [1.82, 2.24) is 19.5 Å². The van der Waals surface area contributed by atoms with E-state index < -0.39 is 5.91 Å². The number of imidazole rings is 1. The number of fused-ring (bicyclic) bond motifs is 4. The molecule has 6 nitrogen and oxygen atoms in total. The molecule has 2 N–H and O–H groups in total. The molecule has 4 heterocycles. The minimum atomic E-state index is -0.487. The molecule has 0 unspecified atom stereocenters. The monoisotopic (exact) mass is 377 g/mol. The number of benzene rings is 2. The fraction of sp³-hybridized carbons (Fsp3) is 0.0435. The number of carbonyl (C=O) groups is 1. The molecule has 5 aromatic rings. The number of rotatable bonds is 2. The van der Waals surface area contributed by atoms with E-state index in [-0.39, 0.29) is 0 Å². The Morgan fingerprint density at radius 2 is 1.86 bits per heavy atom. The quantitative estimate of drug-likeness (QED) is 0.499. The van der Waals surface area contributed by atoms with Gasteiger partial charge in [0.1, 0.15) is 11.3 Å². The van der Waals surface area contributed by atoms with Gasteiger partial charge in [0.15, 0.2) is 0 Å². The molecular weight excluding hydrogens is 362 g/mol. The van der Waals surface area contributed by atoms with Crippen molar-refractivity contribution in [3.8, 4) is 16.8 Å². The molecule has 0 fully saturated rings. The van der Waals surface area contributed by atoms with Gasteiger partial charge in [0.25, 0.3) is 5.91 Å². The lowest BCUT2D eigenvalue weighted by atomic mass is 9.99. The summed E-state index contributed by atoms with van der Waals surface area (Å²) in [6.07, 6.45) is 5.95. The Labute approximate surface area is 165 Å². The average molecular weight is 377 g/mol. The zero-order valence-electron chi connectivity index (χ0n) is 15.3. The predicted molar refractivity (Wildman–Crippen MR) is 111 cm³/mol. The zero-order valence-corrected chi connectivity index (χ0v) is 15.3. The fourth-order valence-electron chi connectivity index (χ4n) is 4.28. The fourth-order valence-corrected chi connectivity index (χ4v) is 4.28. The van der Waals surface area contributed by atoms with Crippen LogP contribution < -0.4 is 5.73 Å². The number of primary amides is 1. The zero-order chi connectivity index (χ0) is 19.5. The highest BCUT2D eigenvalue weighted by Crippen LogP contribution is 2.37. The topological polar surface area (TPSA) is 86.7 Å². The number of carbonyl (C=O) groups excluding carboxylic acids is 1. The Hall–Kier alpha value is -4.06. The molecule has 2 aromatic carbocycles. The van der Waals surface area contributed by atoms with Gasteiger partial charge in [-0.25, -0.2) is 4.98 Å². The number of aromatic nitrogens is 4. The number of hydrogen-bond acceptors (Lipinski definition) is 4. The van der Waals surface area contributed by atoms with Gasteiger partial charge in [-0.1, -0.05) is 12.1 Å². The van der Waals surface area contributed by atoms with Crippen molar-refractivity contribution in [3.05, 3.63) is 84.1 Å². The summed E-state index contributed by atoms with van der Waals surface area (Å²) >= 11 is 0. The molecule has 0 radical (unpaired) electrons. The van der Waals surface area contributed by atoms with Crippen molar-refractivity contribution in [3.63, 3.8) is 0 Å². The Morgan fingerprint density at radius 3 is 2.69 bits per heavy atom. The largest absolute Gasteiger partial charge is 0.366 e. The Bertz CT molecular complexity index is 1450. The summed E-state index contributed by atoms with van der Waals surface area (Å²) in [5.41, 5.74) is 12.7. The van der Waals surface area contributed by atoms with Crippen LogP contribution in [0.3, 0.4) is 0 Å². The maximum Gasteiger partial charge on any atom is 0.250 e. The lowest BCUT2D eigenvalue weighted by Crippen LogP contribution is -2.12. The van der Waals surface area contributed by atoms with Gasteiger partial charge in [0, 0.05) is 30.4 Å². The van der Waals surface area contributed by atoms with Crippen LogP contribution in [0.15, 0.2) is 67.1 Å². The second-order valence-electron chi connectivity index (χ2n) is 7.17. The van der Waals surface area contributed by atoms with Crippen LogP contribution in [0.1, 0.15) is 21.7 Å². The minimum absolute atomic E-state index is 0.422. The standard InChI is InChI=1S/C23H15N5O/c24-23(29)16-10-15(13-4-7-25-8-5-13)11-19-22(16)27-20-12-14-2-1-3-17-21(14)18(28(19)20)6-9-26-17/h1-11H,12H2,(H2,24,29). The summed E-state index contributed by atoms with van der Waals surface area (Å²) in [5.74, 6) is 0.402. The lowest BCUT2D eigenvalue weighted by Gasteiger charge is -2.19. The van der Waals surface area contributed by atoms with Crippen molar-refractivity contribution >= 4 is 27.8 Å². The summed E-state index contributed by atoms with van der Waals surface area (Å²) in [7, 11) is 0. The Kier molecular flexibility index (Phi) is 3.14. The van der Waals surface area contributed by atoms with Crippen LogP contribution in [0, 0.1) is 0 Å². The van der Waals surface area contributed by atoms with Gasteiger partial charge < -0.3 is 5.73 Å². The van der Waals surface area contributed by atoms with Crippen molar-refractivity contribution < 1.29 is 4.79 Å². The number of hydrogen-bond donors (Lipinski definition) is 1. The van der Waals surface area contributed by atoms with Crippen LogP contribution in [0.5, 0.6) is 0 Å². The first-order valence-corrected chi connectivity index (χ1v) is 9.33. The highest BCUT2D eigenvalue weighted by Gasteiger charge is 2.24. The molecule has 1 aliphatic rings. The van der Waals surface area contributed by atoms with Crippen LogP contribution in [-0.2, 0) is 6.42 Å². The molecule has 0 saturated carbocycles. The first-order chi connectivity index (χ1) is 14.2. The number of nitrogens with two attached hydrogens (primary N) is 1. The maximum absolute atomic E-state index is 12.3. The van der Waals surface area contributed by atoms with Gasteiger partial charge in [-0.2, -0.15) is 0 Å². The molecular formula is C23H15N5O. The van der Waals surface area contributed by atoms with Crippen molar-refractivity contribution in [2.75, 3.05) is 0 Å². The van der Waals surface area contributed by atoms with Crippen LogP contribution in [0.2, 0.25) is 0 Å². The molecule has 0 spiro atoms. The second-order valence-corrected chi connectivity index (χ2v) is 7.17. The first kappa shape index (κ1) is 15.9. The summed E-state index contributed by atoms with van der Waals surface area (Å²) in [6.45, 7) is 0. The highest BCUT2D eigenvalue weighted by atomic mass is 16.1. The van der Waals surface area contributed by atoms with Gasteiger partial charge >= 0.3 is 0 Å². The normalized spacial score (nSPS) is 12.3. The molecule has 138 valence electrons. The van der Waals surface area contributed by atoms with Crippen LogP contribution in [-0.4, -0.2) is 25.4 Å². The predicted octanol–water partition coefficient (Wildman–Crippen LogP) is 3.64. The number of nitrogens with zero attached hydrogens (tertiary/aromatic N) is 4. The summed E-state index contributed by atoms with van der Waals surface area (Å²) in [6, 6.07) is 15.8. The van der Waals surface area contributed by atoms with E-state index in [1.54, 1.807) is 12.4 Å². The molecule has 0 bridgehead atoms. The van der Waals surface area contributed by atoms with E-state index in [0.29, 0.717) is 17.5 Å². The smallest absolute Gasteiger partial charge is 0.250 e. The van der Waals surface area contributed by atoms with Gasteiger partial charge in [-0.15, -0.1) is 0 Å². The molecule has 29 heavy (non-hydrogen) atoms. The Balaban J connectivity index is 1.74. The third-order valence-corrected chi connectivity index (χ3v) is 5.53. The molecule has 6 heteroatoms. The SMILES string of the molecule is NC(=O)c1cc(-c2ccncc2)cc2c1nc1n2-c2ccnc3cccc(c23)C1. The molecule has 0 atom stereocenters. The molecule has 6 rings (SSSR count). The van der Waals surface area contributed by atoms with Crippen molar-refractivity contribution in [2.45, 2.75) is 6.42 Å². The third kappa shape index (κ3) is 2.23. The maximum atomic E-state index is 12.3. The van der Waals surface area contributed by atoms with Gasteiger partial charge in [-0.3, -0.25) is 19.3 Å². The molecule has 1 aliphatic heterocycles. The summed E-state index contributed by atoms with van der Waals surface area (Å²) < 4.78 is 2.13. The highest BCUT2D eigenvalue weighted by molar-refractivity contribution is 6.07. The van der Waals surface area contributed by atoms with Crippen LogP contribution in [0.25, 0.3) is 38.8 Å². The van der Waals surface area contributed by atoms with Gasteiger partial charge in [0.2, 0.25) is 0 Å². The Morgan fingerprint density at radius 1 is 1.00 bits per heavy atom. The number of pyridine rings is 2. The van der Waals surface area contributed by atoms with Gasteiger partial charge in [0.05, 0.1) is 22.3 Å². The second kappa shape index (κ2) is 5.72. The van der Waals surface area contributed by atoms with Crippen LogP contribution >= 0.6 is 0 Å². The van der Waals surface area contributed by atoms with E-state index in [9.17, 15) is 4.79 Å². The van der Waals surface area contributed by atoms with Gasteiger partial charge in [-0.05, 0) is 53.1 Å². The molecule has 3 aromatic heterocycles. The molecule has 0 aliphatic carbocycles. The average Bonchev–Trinajstić information content (AvgIpc) is 3.12. The summed E-state index contributed by atoms with van der Waals surface area (Å²) in [5, 5.41) is 1.12. The molecule has 1 amide bonds. The van der Waals surface area contributed by atoms with E-state index >= 15 is 0 Å². The van der Waals surface area contributed by atoms with E-state index in [1.807, 2.05) is 42.6 Å². The summed E-state index contributed by atoms with van der Waals surface area (Å²) in [4.78, 5) is 25.7. The van der Waals surface area contributed by atoms with E-state index in [4.69, 9.17) is 10.7 Å². The lowest BCUT2D eigenvalue weighted by molar-refractivity contribution is 0.100. The third-order valence-electron chi connectivity index (χ3n) is 5.53. The van der Waals surface area contributed by atoms with E-state index in [2.05, 4.69) is 26.7 Å². The van der Waals surface area contributed by atoms with E-state index in [0.717, 1.165) is 39.1 Å². The minimum Gasteiger partial charge on any atom is -0.366 e. The van der Waals surface area contributed by atoms with Crippen LogP contribution in [0.4, 0.5) is 0 Å². The van der Waals surface area contributed by atoms with Crippen molar-refractivity contribution in [1.29, 1.82) is 0 Å².